The number of nitrogens with one attached hydrogen (secondary N) is 1. The number of fused-ring (bicyclic) bond motifs is 3. The van der Waals surface area contributed by atoms with E-state index in [4.69, 9.17) is 0 Å². The van der Waals surface area contributed by atoms with Crippen LogP contribution in [0.5, 0.6) is 0 Å². The molecule has 4 nitrogen and oxygen atoms in total. The fourth-order valence-electron chi connectivity index (χ4n) is 5.55. The molecule has 4 aromatic rings. The number of benzene rings is 2. The van der Waals surface area contributed by atoms with Crippen molar-refractivity contribution in [2.45, 2.75) is 38.3 Å². The molecule has 164 valence electrons. The minimum Gasteiger partial charge on any atom is -0.446 e. The molecule has 1 aliphatic heterocycles. The minimum atomic E-state index is -0.422. The monoisotopic (exact) mass is 433 g/mol. The third-order valence-corrected chi connectivity index (χ3v) is 7.28. The number of allylic oxidation sites excluding steroid dienone is 1. The largest absolute Gasteiger partial charge is 0.446 e. The van der Waals surface area contributed by atoms with Gasteiger partial charge in [0, 0.05) is 36.9 Å². The number of hydrogen-bond acceptors (Lipinski definition) is 3. The van der Waals surface area contributed by atoms with E-state index in [9.17, 15) is 5.02 Å². The highest BCUT2D eigenvalue weighted by Gasteiger charge is 2.39. The van der Waals surface area contributed by atoms with Crippen LogP contribution < -0.4 is 0 Å². The first-order valence-electron chi connectivity index (χ1n) is 11.9. The van der Waals surface area contributed by atoms with Crippen molar-refractivity contribution < 1.29 is 5.02 Å². The van der Waals surface area contributed by atoms with E-state index in [1.54, 1.807) is 0 Å². The molecule has 2 aliphatic rings. The van der Waals surface area contributed by atoms with Crippen LogP contribution in [0.4, 0.5) is 0 Å². The lowest BCUT2D eigenvalue weighted by Gasteiger charge is -2.45. The molecule has 2 aromatic carbocycles. The van der Waals surface area contributed by atoms with Gasteiger partial charge < -0.3 is 10.0 Å². The van der Waals surface area contributed by atoms with Gasteiger partial charge in [0.25, 0.3) is 0 Å². The zero-order valence-electron chi connectivity index (χ0n) is 18.7. The molecule has 33 heavy (non-hydrogen) atoms. The molecule has 0 spiro atoms. The topological polar surface area (TPSA) is 52.1 Å². The quantitative estimate of drug-likeness (QED) is 0.419. The predicted octanol–water partition coefficient (Wildman–Crippen LogP) is 5.05. The van der Waals surface area contributed by atoms with Crippen molar-refractivity contribution in [2.75, 3.05) is 0 Å². The molecular weight excluding hydrogens is 405 g/mol. The highest BCUT2D eigenvalue weighted by Crippen LogP contribution is 2.46. The molecule has 2 N–H and O–H groups in total. The Morgan fingerprint density at radius 1 is 0.939 bits per heavy atom. The van der Waals surface area contributed by atoms with Crippen LogP contribution in [-0.2, 0) is 19.4 Å². The van der Waals surface area contributed by atoms with Gasteiger partial charge in [0.05, 0.1) is 0 Å². The summed E-state index contributed by atoms with van der Waals surface area (Å²) in [5.41, 5.74) is 7.42. The van der Waals surface area contributed by atoms with Crippen LogP contribution in [0.25, 0.3) is 16.6 Å². The normalized spacial score (nSPS) is 19.9. The lowest BCUT2D eigenvalue weighted by Crippen LogP contribution is -2.44. The Bertz CT molecular complexity index is 1240. The molecule has 1 aliphatic carbocycles. The van der Waals surface area contributed by atoms with Crippen LogP contribution in [0.2, 0.25) is 0 Å². The molecule has 3 heterocycles. The smallest absolute Gasteiger partial charge is 0.321 e. The van der Waals surface area contributed by atoms with Crippen molar-refractivity contribution in [3.05, 3.63) is 107 Å². The highest BCUT2D eigenvalue weighted by molar-refractivity contribution is 6.58. The number of aromatic amines is 1. The van der Waals surface area contributed by atoms with Crippen molar-refractivity contribution in [3.63, 3.8) is 0 Å². The maximum Gasteiger partial charge on any atom is 0.321 e. The zero-order valence-corrected chi connectivity index (χ0v) is 18.7. The van der Waals surface area contributed by atoms with Crippen LogP contribution in [0.15, 0.2) is 85.1 Å². The molecule has 0 saturated heterocycles. The van der Waals surface area contributed by atoms with Gasteiger partial charge in [-0.25, -0.2) is 4.98 Å². The van der Waals surface area contributed by atoms with Crippen molar-refractivity contribution in [3.8, 4) is 0 Å². The maximum atomic E-state index is 10.6. The number of nitrogens with zero attached hydrogens (tertiary/aromatic N) is 2. The van der Waals surface area contributed by atoms with Gasteiger partial charge in [-0.2, -0.15) is 0 Å². The van der Waals surface area contributed by atoms with Crippen molar-refractivity contribution in [1.82, 2.24) is 14.9 Å². The van der Waals surface area contributed by atoms with Gasteiger partial charge in [-0.1, -0.05) is 66.6 Å². The SMILES string of the molecule is OB1C=C(C2CC(N(Cc3ccccc3)Cc3ccccc3)C2)c2c(cnc3[nH]ccc23)C1. The van der Waals surface area contributed by atoms with Crippen LogP contribution in [0.1, 0.15) is 35.1 Å². The van der Waals surface area contributed by atoms with E-state index >= 15 is 0 Å². The molecule has 2 aromatic heterocycles. The Balaban J connectivity index is 1.25. The second kappa shape index (κ2) is 8.66. The van der Waals surface area contributed by atoms with Crippen LogP contribution >= 0.6 is 0 Å². The van der Waals surface area contributed by atoms with Gasteiger partial charge >= 0.3 is 6.92 Å². The summed E-state index contributed by atoms with van der Waals surface area (Å²) >= 11 is 0. The summed E-state index contributed by atoms with van der Waals surface area (Å²) in [6.07, 6.45) is 6.79. The first-order chi connectivity index (χ1) is 16.2. The predicted molar refractivity (Wildman–Crippen MR) is 134 cm³/mol. The Kier molecular flexibility index (Phi) is 5.37. The maximum absolute atomic E-state index is 10.6. The zero-order chi connectivity index (χ0) is 22.2. The fraction of sp³-hybridized carbons (Fsp3) is 0.250. The van der Waals surface area contributed by atoms with Gasteiger partial charge in [0.1, 0.15) is 5.65 Å². The van der Waals surface area contributed by atoms with E-state index in [0.29, 0.717) is 18.3 Å². The Morgan fingerprint density at radius 2 is 1.61 bits per heavy atom. The molecule has 0 radical (unpaired) electrons. The average molecular weight is 433 g/mol. The van der Waals surface area contributed by atoms with E-state index in [1.807, 2.05) is 12.4 Å². The van der Waals surface area contributed by atoms with Gasteiger partial charge in [-0.15, -0.1) is 0 Å². The number of aromatic nitrogens is 2. The second-order valence-corrected chi connectivity index (χ2v) is 9.49. The average Bonchev–Trinajstić information content (AvgIpc) is 3.28. The highest BCUT2D eigenvalue weighted by atomic mass is 16.2. The molecule has 0 atom stereocenters. The number of pyridine rings is 1. The van der Waals surface area contributed by atoms with E-state index in [-0.39, 0.29) is 0 Å². The van der Waals surface area contributed by atoms with Crippen molar-refractivity contribution in [2.24, 2.45) is 5.92 Å². The van der Waals surface area contributed by atoms with Crippen LogP contribution in [0.3, 0.4) is 0 Å². The van der Waals surface area contributed by atoms with Crippen molar-refractivity contribution >= 4 is 23.5 Å². The fourth-order valence-corrected chi connectivity index (χ4v) is 5.55. The molecule has 1 fully saturated rings. The van der Waals surface area contributed by atoms with Gasteiger partial charge in [-0.05, 0) is 59.0 Å². The number of rotatable bonds is 6. The van der Waals surface area contributed by atoms with Gasteiger partial charge in [0.2, 0.25) is 0 Å². The Morgan fingerprint density at radius 3 is 2.27 bits per heavy atom. The minimum absolute atomic E-state index is 0.422. The summed E-state index contributed by atoms with van der Waals surface area (Å²) < 4.78 is 0. The van der Waals surface area contributed by atoms with E-state index in [2.05, 4.69) is 87.6 Å². The Hall–Kier alpha value is -3.15. The molecule has 0 amide bonds. The second-order valence-electron chi connectivity index (χ2n) is 9.49. The summed E-state index contributed by atoms with van der Waals surface area (Å²) in [6, 6.07) is 24.2. The molecule has 6 rings (SSSR count). The summed E-state index contributed by atoms with van der Waals surface area (Å²) in [5.74, 6) is 2.58. The molecular formula is C28H28BN3O. The van der Waals surface area contributed by atoms with E-state index < -0.39 is 6.92 Å². The molecule has 1 saturated carbocycles. The third kappa shape index (κ3) is 4.03. The standard InChI is InChI=1S/C28H28BN3O/c33-29-15-23-17-31-28-25(11-12-30-28)27(23)26(16-29)22-13-24(14-22)32(18-20-7-3-1-4-8-20)19-21-9-5-2-6-10-21/h1-12,16-17,22,24,33H,13-15,18-19H2,(H,30,31). The van der Waals surface area contributed by atoms with E-state index in [1.165, 1.54) is 33.2 Å². The number of H-pyrrole nitrogens is 1. The van der Waals surface area contributed by atoms with Gasteiger partial charge in [-0.3, -0.25) is 4.90 Å². The third-order valence-electron chi connectivity index (χ3n) is 7.28. The summed E-state index contributed by atoms with van der Waals surface area (Å²) in [5, 5.41) is 11.7. The lowest BCUT2D eigenvalue weighted by molar-refractivity contribution is 0.0866. The molecule has 5 heteroatoms. The summed E-state index contributed by atoms with van der Waals surface area (Å²) in [4.78, 5) is 10.4. The summed E-state index contributed by atoms with van der Waals surface area (Å²) in [7, 11) is 0. The number of hydrogen-bond donors (Lipinski definition) is 2. The van der Waals surface area contributed by atoms with Crippen LogP contribution in [0, 0.1) is 5.92 Å². The molecule has 0 unspecified atom stereocenters. The lowest BCUT2D eigenvalue weighted by atomic mass is 9.55. The summed E-state index contributed by atoms with van der Waals surface area (Å²) in [6.45, 7) is 1.49. The van der Waals surface area contributed by atoms with E-state index in [0.717, 1.165) is 31.6 Å². The first kappa shape index (κ1) is 20.5. The Labute approximate surface area is 195 Å². The van der Waals surface area contributed by atoms with Crippen molar-refractivity contribution in [1.29, 1.82) is 0 Å². The van der Waals surface area contributed by atoms with Crippen LogP contribution in [-0.4, -0.2) is 32.8 Å². The van der Waals surface area contributed by atoms with Gasteiger partial charge in [0.15, 0.2) is 0 Å². The first-order valence-corrected chi connectivity index (χ1v) is 11.9. The molecule has 0 bridgehead atoms.